The highest BCUT2D eigenvalue weighted by atomic mass is 32.1. The molecule has 3 aromatic heterocycles. The Kier molecular flexibility index (Phi) is 8.24. The lowest BCUT2D eigenvalue weighted by molar-refractivity contribution is -0.0581. The Bertz CT molecular complexity index is 1120. The van der Waals surface area contributed by atoms with E-state index in [-0.39, 0.29) is 24.2 Å². The number of Topliss-reactive ketones (excluding diaryl/α,β-unsaturated/α-hetero) is 1. The molecule has 0 N–H and O–H groups in total. The van der Waals surface area contributed by atoms with Crippen molar-refractivity contribution in [3.63, 3.8) is 0 Å². The van der Waals surface area contributed by atoms with Gasteiger partial charge in [-0.25, -0.2) is 19.7 Å². The van der Waals surface area contributed by atoms with Gasteiger partial charge in [0, 0.05) is 32.5 Å². The summed E-state index contributed by atoms with van der Waals surface area (Å²) in [7, 11) is 0.157. The van der Waals surface area contributed by atoms with Gasteiger partial charge in [-0.15, -0.1) is 11.3 Å². The van der Waals surface area contributed by atoms with E-state index in [0.29, 0.717) is 35.2 Å². The van der Waals surface area contributed by atoms with Crippen molar-refractivity contribution in [2.45, 2.75) is 39.2 Å². The zero-order valence-electron chi connectivity index (χ0n) is 19.3. The molecule has 3 aromatic rings. The van der Waals surface area contributed by atoms with Gasteiger partial charge < -0.3 is 18.6 Å². The largest absolute Gasteiger partial charge is 0.464 e. The molecule has 3 heterocycles. The molecule has 0 amide bonds. The summed E-state index contributed by atoms with van der Waals surface area (Å²) >= 11 is 1.41. The summed E-state index contributed by atoms with van der Waals surface area (Å²) in [6.45, 7) is 9.48. The number of ether oxygens (including phenoxy) is 3. The van der Waals surface area contributed by atoms with Gasteiger partial charge >= 0.3 is 5.97 Å². The van der Waals surface area contributed by atoms with Crippen LogP contribution in [-0.4, -0.2) is 55.3 Å². The third-order valence-electron chi connectivity index (χ3n) is 4.53. The number of thiazole rings is 1. The van der Waals surface area contributed by atoms with Gasteiger partial charge in [0.05, 0.1) is 19.4 Å². The molecule has 0 spiro atoms. The quantitative estimate of drug-likeness (QED) is 0.124. The highest BCUT2D eigenvalue weighted by Crippen LogP contribution is 2.33. The smallest absolute Gasteiger partial charge is 0.356 e. The third kappa shape index (κ3) is 6.87. The zero-order valence-corrected chi connectivity index (χ0v) is 21.2. The Balaban J connectivity index is 1.76. The fourth-order valence-electron chi connectivity index (χ4n) is 2.73. The van der Waals surface area contributed by atoms with E-state index in [2.05, 4.69) is 34.6 Å². The molecule has 0 fully saturated rings. The summed E-state index contributed by atoms with van der Waals surface area (Å²) in [5, 5.41) is 2.55. The van der Waals surface area contributed by atoms with E-state index in [0.717, 1.165) is 11.7 Å². The number of ketones is 1. The Labute approximate surface area is 197 Å². The van der Waals surface area contributed by atoms with Gasteiger partial charge in [-0.3, -0.25) is 4.79 Å². The van der Waals surface area contributed by atoms with Gasteiger partial charge in [0.2, 0.25) is 5.78 Å². The van der Waals surface area contributed by atoms with Gasteiger partial charge in [0.25, 0.3) is 5.89 Å². The minimum Gasteiger partial charge on any atom is -0.464 e. The van der Waals surface area contributed by atoms with Gasteiger partial charge in [0.1, 0.15) is 35.1 Å². The van der Waals surface area contributed by atoms with Crippen LogP contribution in [0.4, 0.5) is 0 Å². The summed E-state index contributed by atoms with van der Waals surface area (Å²) in [6, 6.07) is 4.36. The van der Waals surface area contributed by atoms with Crippen molar-refractivity contribution in [3.8, 4) is 22.0 Å². The van der Waals surface area contributed by atoms with Crippen LogP contribution in [0.3, 0.4) is 0 Å². The summed E-state index contributed by atoms with van der Waals surface area (Å²) in [5.41, 5.74) is 2.19. The first-order valence-electron chi connectivity index (χ1n) is 10.3. The molecular formula is C22H27N3O6SSi. The highest BCUT2D eigenvalue weighted by molar-refractivity contribution is 7.13. The minimum atomic E-state index is -1.12. The molecule has 176 valence electrons. The normalized spacial score (nSPS) is 11.5. The van der Waals surface area contributed by atoms with Gasteiger partial charge in [-0.2, -0.15) is 0 Å². The van der Waals surface area contributed by atoms with Crippen molar-refractivity contribution >= 4 is 31.2 Å². The first kappa shape index (κ1) is 24.9. The fourth-order valence-corrected chi connectivity index (χ4v) is 4.32. The number of aromatic nitrogens is 3. The molecule has 0 unspecified atom stereocenters. The summed E-state index contributed by atoms with van der Waals surface area (Å²) < 4.78 is 21.2. The Hall–Kier alpha value is -2.73. The van der Waals surface area contributed by atoms with Crippen LogP contribution in [0.15, 0.2) is 28.2 Å². The Morgan fingerprint density at radius 2 is 1.91 bits per heavy atom. The Morgan fingerprint density at radius 1 is 1.12 bits per heavy atom. The van der Waals surface area contributed by atoms with E-state index in [1.807, 2.05) is 5.38 Å². The van der Waals surface area contributed by atoms with E-state index in [4.69, 9.17) is 18.6 Å². The molecule has 0 atom stereocenters. The molecular weight excluding hydrogens is 462 g/mol. The summed E-state index contributed by atoms with van der Waals surface area (Å²) in [6.07, 6.45) is 1.33. The number of rotatable bonds is 11. The molecule has 9 nitrogen and oxygen atoms in total. The monoisotopic (exact) mass is 489 g/mol. The lowest BCUT2D eigenvalue weighted by atomic mass is 10.1. The van der Waals surface area contributed by atoms with Gasteiger partial charge in [-0.05, 0) is 18.2 Å². The molecule has 0 aliphatic heterocycles. The topological polar surface area (TPSA) is 114 Å². The second-order valence-corrected chi connectivity index (χ2v) is 15.0. The average Bonchev–Trinajstić information content (AvgIpc) is 3.44. The van der Waals surface area contributed by atoms with E-state index in [1.165, 1.54) is 31.6 Å². The van der Waals surface area contributed by atoms with Gasteiger partial charge in [0.15, 0.2) is 0 Å². The van der Waals surface area contributed by atoms with Crippen molar-refractivity contribution in [3.05, 3.63) is 41.1 Å². The van der Waals surface area contributed by atoms with Crippen molar-refractivity contribution in [2.24, 2.45) is 0 Å². The predicted molar refractivity (Wildman–Crippen MR) is 126 cm³/mol. The molecule has 33 heavy (non-hydrogen) atoms. The van der Waals surface area contributed by atoms with Crippen molar-refractivity contribution in [2.75, 3.05) is 20.5 Å². The van der Waals surface area contributed by atoms with E-state index in [9.17, 15) is 9.59 Å². The maximum atomic E-state index is 12.0. The number of oxazole rings is 1. The van der Waals surface area contributed by atoms with Gasteiger partial charge in [-0.1, -0.05) is 19.6 Å². The van der Waals surface area contributed by atoms with E-state index in [1.54, 1.807) is 12.1 Å². The van der Waals surface area contributed by atoms with Crippen LogP contribution >= 0.6 is 11.3 Å². The summed E-state index contributed by atoms with van der Waals surface area (Å²) in [4.78, 5) is 36.8. The first-order valence-corrected chi connectivity index (χ1v) is 14.9. The highest BCUT2D eigenvalue weighted by Gasteiger charge is 2.20. The predicted octanol–water partition coefficient (Wildman–Crippen LogP) is 4.68. The lowest BCUT2D eigenvalue weighted by Crippen LogP contribution is -2.22. The van der Waals surface area contributed by atoms with Crippen LogP contribution in [0.25, 0.3) is 22.0 Å². The minimum absolute atomic E-state index is 0.0384. The molecule has 11 heteroatoms. The first-order chi connectivity index (χ1) is 15.7. The number of esters is 1. The second-order valence-electron chi connectivity index (χ2n) is 8.51. The zero-order chi connectivity index (χ0) is 24.0. The van der Waals surface area contributed by atoms with Crippen LogP contribution in [-0.2, 0) is 20.8 Å². The standard InChI is InChI=1S/C22H27N3O6SSi/c1-14(26)20-25-18(11-31-20)19-16(6-7-17(24-19)22(27)28-2)21-23-15(12-32-21)10-30-13-29-8-9-33(3,4)5/h6-7,11-12H,8-10,13H2,1-5H3. The van der Waals surface area contributed by atoms with Crippen molar-refractivity contribution < 1.29 is 28.2 Å². The Morgan fingerprint density at radius 3 is 2.58 bits per heavy atom. The molecule has 0 aliphatic rings. The van der Waals surface area contributed by atoms with Crippen LogP contribution in [0.2, 0.25) is 25.7 Å². The molecule has 0 aromatic carbocycles. The molecule has 0 saturated heterocycles. The molecule has 0 radical (unpaired) electrons. The molecule has 3 rings (SSSR count). The van der Waals surface area contributed by atoms with E-state index < -0.39 is 14.0 Å². The second kappa shape index (κ2) is 10.9. The van der Waals surface area contributed by atoms with Crippen molar-refractivity contribution in [1.29, 1.82) is 0 Å². The number of pyridine rings is 1. The maximum Gasteiger partial charge on any atom is 0.356 e. The van der Waals surface area contributed by atoms with Crippen LogP contribution in [0, 0.1) is 0 Å². The summed E-state index contributed by atoms with van der Waals surface area (Å²) in [5.74, 6) is -0.934. The number of methoxy groups -OCH3 is 1. The van der Waals surface area contributed by atoms with Crippen LogP contribution < -0.4 is 0 Å². The number of carbonyl (C=O) groups excluding carboxylic acids is 2. The fraction of sp³-hybridized carbons (Fsp3) is 0.409. The third-order valence-corrected chi connectivity index (χ3v) is 7.16. The van der Waals surface area contributed by atoms with Crippen LogP contribution in [0.5, 0.6) is 0 Å². The van der Waals surface area contributed by atoms with Crippen molar-refractivity contribution in [1.82, 2.24) is 15.0 Å². The maximum absolute atomic E-state index is 12.0. The molecule has 0 saturated carbocycles. The number of hydrogen-bond acceptors (Lipinski definition) is 10. The number of carbonyl (C=O) groups is 2. The van der Waals surface area contributed by atoms with E-state index >= 15 is 0 Å². The SMILES string of the molecule is COC(=O)c1ccc(-c2nc(COCOCC[Si](C)(C)C)cs2)c(-c2coc(C(C)=O)n2)n1. The lowest BCUT2D eigenvalue weighted by Gasteiger charge is -2.15. The van der Waals surface area contributed by atoms with Crippen LogP contribution in [0.1, 0.15) is 33.8 Å². The average molecular weight is 490 g/mol. The molecule has 0 bridgehead atoms. The molecule has 0 aliphatic carbocycles. The number of hydrogen-bond donors (Lipinski definition) is 0. The number of nitrogens with zero attached hydrogens (tertiary/aromatic N) is 3.